The van der Waals surface area contributed by atoms with E-state index >= 15 is 0 Å². The molecule has 3 aromatic rings. The van der Waals surface area contributed by atoms with Gasteiger partial charge in [-0.15, -0.1) is 0 Å². The van der Waals surface area contributed by atoms with Crippen LogP contribution in [0.1, 0.15) is 73.6 Å². The lowest BCUT2D eigenvalue weighted by molar-refractivity contribution is -0.150. The number of fused-ring (bicyclic) bond motifs is 4. The summed E-state index contributed by atoms with van der Waals surface area (Å²) in [6.45, 7) is 4.73. The first-order chi connectivity index (χ1) is 21.2. The quantitative estimate of drug-likeness (QED) is 0.297. The molecule has 0 radical (unpaired) electrons. The van der Waals surface area contributed by atoms with Crippen molar-refractivity contribution in [2.45, 2.75) is 62.6 Å². The first-order valence-corrected chi connectivity index (χ1v) is 15.1. The lowest BCUT2D eigenvalue weighted by Crippen LogP contribution is -2.46. The summed E-state index contributed by atoms with van der Waals surface area (Å²) in [6.07, 6.45) is 3.06. The van der Waals surface area contributed by atoms with Crippen molar-refractivity contribution in [1.82, 2.24) is 0 Å². The Balaban J connectivity index is 1.32. The van der Waals surface area contributed by atoms with Gasteiger partial charge >= 0.3 is 11.9 Å². The monoisotopic (exact) mass is 596 g/mol. The van der Waals surface area contributed by atoms with Crippen molar-refractivity contribution in [3.05, 3.63) is 82.9 Å². The predicted octanol–water partition coefficient (Wildman–Crippen LogP) is 3.76. The number of rotatable bonds is 8. The predicted molar refractivity (Wildman–Crippen MR) is 158 cm³/mol. The molecule has 4 heterocycles. The highest BCUT2D eigenvalue weighted by Crippen LogP contribution is 2.57. The van der Waals surface area contributed by atoms with Crippen LogP contribution in [0.5, 0.6) is 11.5 Å². The molecule has 0 spiro atoms. The van der Waals surface area contributed by atoms with Crippen molar-refractivity contribution in [3.8, 4) is 11.5 Å². The number of amides is 2. The fourth-order valence-corrected chi connectivity index (χ4v) is 7.16. The van der Waals surface area contributed by atoms with E-state index in [1.807, 2.05) is 13.8 Å². The van der Waals surface area contributed by atoms with Crippen LogP contribution in [-0.2, 0) is 30.4 Å². The first kappa shape index (κ1) is 28.2. The van der Waals surface area contributed by atoms with Crippen molar-refractivity contribution < 1.29 is 38.9 Å². The number of hydrogen-bond acceptors (Lipinski definition) is 8. The number of hydrogen-bond donors (Lipinski definition) is 2. The van der Waals surface area contributed by atoms with Crippen LogP contribution < -0.4 is 19.3 Å². The van der Waals surface area contributed by atoms with Gasteiger partial charge in [-0.3, -0.25) is 19.2 Å². The number of carbonyl (C=O) groups excluding carboxylic acids is 4. The molecule has 4 aliphatic heterocycles. The lowest BCUT2D eigenvalue weighted by Gasteiger charge is -2.28. The zero-order valence-corrected chi connectivity index (χ0v) is 24.4. The summed E-state index contributed by atoms with van der Waals surface area (Å²) < 4.78 is 11.3. The summed E-state index contributed by atoms with van der Waals surface area (Å²) in [4.78, 5) is 57.7. The van der Waals surface area contributed by atoms with E-state index < -0.39 is 46.8 Å². The third-order valence-corrected chi connectivity index (χ3v) is 9.32. The second-order valence-corrected chi connectivity index (χ2v) is 11.8. The van der Waals surface area contributed by atoms with Crippen molar-refractivity contribution in [1.29, 1.82) is 0 Å². The van der Waals surface area contributed by atoms with Crippen molar-refractivity contribution >= 4 is 35.1 Å². The topological polar surface area (TPSA) is 134 Å². The number of nitrogens with zero attached hydrogens (tertiary/aromatic N) is 2. The summed E-state index contributed by atoms with van der Waals surface area (Å²) in [6, 6.07) is 16.4. The van der Waals surface area contributed by atoms with E-state index in [0.717, 1.165) is 12.8 Å². The van der Waals surface area contributed by atoms with Gasteiger partial charge in [0.25, 0.3) is 11.8 Å². The minimum absolute atomic E-state index is 0.0259. The number of benzene rings is 3. The van der Waals surface area contributed by atoms with E-state index in [-0.39, 0.29) is 22.6 Å². The molecule has 0 aromatic heterocycles. The second kappa shape index (κ2) is 10.0. The zero-order chi connectivity index (χ0) is 31.0. The molecule has 4 atom stereocenters. The minimum atomic E-state index is -2.25. The summed E-state index contributed by atoms with van der Waals surface area (Å²) in [7, 11) is 0. The maximum atomic E-state index is 13.9. The highest BCUT2D eigenvalue weighted by atomic mass is 16.6. The zero-order valence-electron chi connectivity index (χ0n) is 24.4. The van der Waals surface area contributed by atoms with Crippen molar-refractivity contribution in [2.75, 3.05) is 22.9 Å². The number of carbonyl (C=O) groups is 4. The fraction of sp³-hybridized carbons (Fsp3) is 0.353. The average molecular weight is 597 g/mol. The van der Waals surface area contributed by atoms with Gasteiger partial charge in [-0.2, -0.15) is 0 Å². The largest absolute Gasteiger partial charge is 0.426 e. The van der Waals surface area contributed by atoms with Crippen LogP contribution in [0.15, 0.2) is 60.7 Å². The Labute approximate surface area is 253 Å². The van der Waals surface area contributed by atoms with E-state index in [1.54, 1.807) is 48.5 Å². The highest BCUT2D eigenvalue weighted by Gasteiger charge is 2.63. The third kappa shape index (κ3) is 3.61. The standard InChI is InChI=1S/C34H32N2O8/c1-3-5-15-35-23-13-9-7-11-21(23)33(41,31(35)39)27-19-17-26-20(18-25(19)43-29(27)37)28(30(38)44-26)34(42)22-12-8-10-14-24(22)36(32(34)40)16-6-4-2/h7-14,17-18,27-28,41-42H,3-6,15-16H2,1-2H3. The molecule has 2 amide bonds. The minimum Gasteiger partial charge on any atom is -0.426 e. The molecule has 4 unspecified atom stereocenters. The molecule has 10 nitrogen and oxygen atoms in total. The van der Waals surface area contributed by atoms with Gasteiger partial charge in [0.05, 0.1) is 11.4 Å². The Hall–Kier alpha value is -4.54. The molecule has 4 aliphatic rings. The SMILES string of the molecule is CCCCN1C(=O)C(O)(C2C(=O)Oc3cc4c(cc32)OC(=O)C4C2(O)C(=O)N(CCCC)c3ccccc32)c2ccccc21. The maximum absolute atomic E-state index is 13.9. The lowest BCUT2D eigenvalue weighted by atomic mass is 9.76. The molecule has 3 aromatic carbocycles. The number of anilines is 2. The molecule has 0 fully saturated rings. The number of para-hydroxylation sites is 2. The molecule has 44 heavy (non-hydrogen) atoms. The van der Waals surface area contributed by atoms with Crippen LogP contribution in [0.4, 0.5) is 11.4 Å². The Morgan fingerprint density at radius 1 is 0.659 bits per heavy atom. The van der Waals surface area contributed by atoms with E-state index in [1.165, 1.54) is 21.9 Å². The summed E-state index contributed by atoms with van der Waals surface area (Å²) in [5, 5.41) is 24.2. The summed E-state index contributed by atoms with van der Waals surface area (Å²) in [5.74, 6) is -5.73. The Morgan fingerprint density at radius 2 is 1.05 bits per heavy atom. The van der Waals surface area contributed by atoms with Crippen molar-refractivity contribution in [3.63, 3.8) is 0 Å². The number of ether oxygens (including phenoxy) is 2. The molecule has 7 rings (SSSR count). The van der Waals surface area contributed by atoms with Crippen molar-refractivity contribution in [2.24, 2.45) is 0 Å². The van der Waals surface area contributed by atoms with Gasteiger partial charge in [0.1, 0.15) is 23.3 Å². The van der Waals surface area contributed by atoms with Crippen LogP contribution in [0.25, 0.3) is 0 Å². The van der Waals surface area contributed by atoms with Crippen LogP contribution >= 0.6 is 0 Å². The number of aliphatic hydroxyl groups is 2. The van der Waals surface area contributed by atoms with Gasteiger partial charge in [0.2, 0.25) is 0 Å². The van der Waals surface area contributed by atoms with Crippen LogP contribution in [0.2, 0.25) is 0 Å². The maximum Gasteiger partial charge on any atom is 0.322 e. The molecular weight excluding hydrogens is 564 g/mol. The molecule has 10 heteroatoms. The van der Waals surface area contributed by atoms with E-state index in [9.17, 15) is 29.4 Å². The molecule has 226 valence electrons. The van der Waals surface area contributed by atoms with Crippen LogP contribution in [-0.4, -0.2) is 47.1 Å². The van der Waals surface area contributed by atoms with E-state index in [0.29, 0.717) is 48.4 Å². The van der Waals surface area contributed by atoms with Gasteiger partial charge in [-0.1, -0.05) is 63.1 Å². The van der Waals surface area contributed by atoms with Gasteiger partial charge in [-0.05, 0) is 37.1 Å². The fourth-order valence-electron chi connectivity index (χ4n) is 7.16. The summed E-state index contributed by atoms with van der Waals surface area (Å²) in [5.41, 5.74) is -2.50. The smallest absolute Gasteiger partial charge is 0.322 e. The Kier molecular flexibility index (Phi) is 6.42. The van der Waals surface area contributed by atoms with Crippen LogP contribution in [0, 0.1) is 0 Å². The normalized spacial score (nSPS) is 26.5. The van der Waals surface area contributed by atoms with Gasteiger partial charge in [0.15, 0.2) is 11.2 Å². The van der Waals surface area contributed by atoms with Gasteiger partial charge < -0.3 is 29.5 Å². The number of unbranched alkanes of at least 4 members (excludes halogenated alkanes) is 2. The summed E-state index contributed by atoms with van der Waals surface area (Å²) >= 11 is 0. The van der Waals surface area contributed by atoms with Crippen LogP contribution in [0.3, 0.4) is 0 Å². The highest BCUT2D eigenvalue weighted by molar-refractivity contribution is 6.12. The Morgan fingerprint density at radius 3 is 1.43 bits per heavy atom. The van der Waals surface area contributed by atoms with E-state index in [4.69, 9.17) is 9.47 Å². The molecule has 0 saturated carbocycles. The third-order valence-electron chi connectivity index (χ3n) is 9.32. The molecule has 0 saturated heterocycles. The van der Waals surface area contributed by atoms with Gasteiger partial charge in [-0.25, -0.2) is 0 Å². The molecule has 0 aliphatic carbocycles. The second-order valence-electron chi connectivity index (χ2n) is 11.8. The average Bonchev–Trinajstić information content (AvgIpc) is 3.66. The molecular formula is C34H32N2O8. The Bertz CT molecular complexity index is 1630. The molecule has 2 N–H and O–H groups in total. The first-order valence-electron chi connectivity index (χ1n) is 15.1. The number of esters is 2. The molecule has 0 bridgehead atoms. The van der Waals surface area contributed by atoms with E-state index in [2.05, 4.69) is 0 Å². The van der Waals surface area contributed by atoms with Gasteiger partial charge in [0, 0.05) is 35.3 Å².